The predicted octanol–water partition coefficient (Wildman–Crippen LogP) is 4.20. The van der Waals surface area contributed by atoms with E-state index in [-0.39, 0.29) is 36.5 Å². The molecule has 2 aliphatic rings. The number of hydrogen-bond donors (Lipinski definition) is 0. The van der Waals surface area contributed by atoms with Gasteiger partial charge in [0, 0.05) is 31.4 Å². The summed E-state index contributed by atoms with van der Waals surface area (Å²) in [4.78, 5) is 21.5. The Morgan fingerprint density at radius 1 is 1.32 bits per heavy atom. The molecule has 1 aromatic carbocycles. The van der Waals surface area contributed by atoms with E-state index in [4.69, 9.17) is 10.00 Å². The molecule has 0 radical (unpaired) electrons. The zero-order valence-electron chi connectivity index (χ0n) is 17.3. The lowest BCUT2D eigenvalue weighted by Gasteiger charge is -2.41. The SMILES string of the molecule is CCC(OCC(=O)N1CC2CCC(C1)N2c1ccc(C#N)cn1)c1ccc(F)c(Br)c1. The zero-order chi connectivity index (χ0) is 22.0. The van der Waals surface area contributed by atoms with Gasteiger partial charge < -0.3 is 14.5 Å². The average Bonchev–Trinajstić information content (AvgIpc) is 3.05. The Morgan fingerprint density at radius 3 is 2.65 bits per heavy atom. The molecule has 0 aliphatic carbocycles. The van der Waals surface area contributed by atoms with Crippen LogP contribution in [0, 0.1) is 17.1 Å². The summed E-state index contributed by atoms with van der Waals surface area (Å²) in [7, 11) is 0. The molecule has 162 valence electrons. The van der Waals surface area contributed by atoms with Crippen LogP contribution in [0.2, 0.25) is 0 Å². The second kappa shape index (κ2) is 9.33. The van der Waals surface area contributed by atoms with Crippen LogP contribution in [0.3, 0.4) is 0 Å². The van der Waals surface area contributed by atoms with E-state index in [1.165, 1.54) is 6.07 Å². The van der Waals surface area contributed by atoms with E-state index in [2.05, 4.69) is 31.9 Å². The quantitative estimate of drug-likeness (QED) is 0.611. The maximum absolute atomic E-state index is 13.5. The standard InChI is InChI=1S/C23H24BrFN4O2/c1-2-21(16-4-7-20(25)19(24)9-16)31-14-23(30)28-12-17-5-6-18(13-28)29(17)22-8-3-15(10-26)11-27-22/h3-4,7-9,11,17-18,21H,2,5-6,12-14H2,1H3. The van der Waals surface area contributed by atoms with Crippen molar-refractivity contribution in [2.24, 2.45) is 0 Å². The molecular weight excluding hydrogens is 463 g/mol. The van der Waals surface area contributed by atoms with Crippen LogP contribution in [0.1, 0.15) is 43.4 Å². The third-order valence-electron chi connectivity index (χ3n) is 6.07. The minimum atomic E-state index is -0.320. The molecule has 1 amide bonds. The number of pyridine rings is 1. The van der Waals surface area contributed by atoms with E-state index < -0.39 is 0 Å². The molecule has 6 nitrogen and oxygen atoms in total. The molecule has 1 aromatic heterocycles. The van der Waals surface area contributed by atoms with Crippen LogP contribution < -0.4 is 4.90 Å². The van der Waals surface area contributed by atoms with Crippen molar-refractivity contribution >= 4 is 27.7 Å². The van der Waals surface area contributed by atoms with E-state index in [0.717, 1.165) is 24.2 Å². The smallest absolute Gasteiger partial charge is 0.248 e. The van der Waals surface area contributed by atoms with Crippen molar-refractivity contribution in [3.63, 3.8) is 0 Å². The number of likely N-dealkylation sites (tertiary alicyclic amines) is 1. The van der Waals surface area contributed by atoms with Crippen molar-refractivity contribution in [3.8, 4) is 6.07 Å². The van der Waals surface area contributed by atoms with Gasteiger partial charge in [-0.1, -0.05) is 13.0 Å². The summed E-state index contributed by atoms with van der Waals surface area (Å²) in [6.45, 7) is 3.26. The number of aromatic nitrogens is 1. The second-order valence-electron chi connectivity index (χ2n) is 7.99. The summed E-state index contributed by atoms with van der Waals surface area (Å²) >= 11 is 3.21. The molecule has 3 atom stereocenters. The van der Waals surface area contributed by atoms with Gasteiger partial charge in [-0.05, 0) is 65.0 Å². The molecule has 3 heterocycles. The first kappa shape index (κ1) is 21.7. The topological polar surface area (TPSA) is 69.5 Å². The third kappa shape index (κ3) is 4.58. The summed E-state index contributed by atoms with van der Waals surface area (Å²) in [6.07, 6.45) is 4.05. The van der Waals surface area contributed by atoms with Gasteiger partial charge in [0.2, 0.25) is 5.91 Å². The van der Waals surface area contributed by atoms with Crippen molar-refractivity contribution in [2.45, 2.75) is 44.4 Å². The number of anilines is 1. The predicted molar refractivity (Wildman–Crippen MR) is 118 cm³/mol. The molecule has 2 aromatic rings. The number of benzene rings is 1. The lowest BCUT2D eigenvalue weighted by atomic mass is 10.1. The minimum Gasteiger partial charge on any atom is -0.364 e. The average molecular weight is 487 g/mol. The summed E-state index contributed by atoms with van der Waals surface area (Å²) in [5.74, 6) is 0.520. The van der Waals surface area contributed by atoms with Gasteiger partial charge in [-0.15, -0.1) is 0 Å². The summed E-state index contributed by atoms with van der Waals surface area (Å²) in [5.41, 5.74) is 1.39. The van der Waals surface area contributed by atoms with Gasteiger partial charge in [0.25, 0.3) is 0 Å². The Kier molecular flexibility index (Phi) is 6.54. The van der Waals surface area contributed by atoms with Gasteiger partial charge in [0.05, 0.1) is 16.1 Å². The van der Waals surface area contributed by atoms with Gasteiger partial charge in [-0.25, -0.2) is 9.37 Å². The highest BCUT2D eigenvalue weighted by Gasteiger charge is 2.42. The molecule has 2 fully saturated rings. The molecule has 8 heteroatoms. The van der Waals surface area contributed by atoms with Crippen LogP contribution in [-0.4, -0.2) is 47.6 Å². The Labute approximate surface area is 189 Å². The Morgan fingerprint density at radius 2 is 2.06 bits per heavy atom. The fourth-order valence-corrected chi connectivity index (χ4v) is 4.91. The number of amides is 1. The van der Waals surface area contributed by atoms with Crippen LogP contribution in [0.15, 0.2) is 41.0 Å². The first-order valence-corrected chi connectivity index (χ1v) is 11.3. The van der Waals surface area contributed by atoms with Gasteiger partial charge in [-0.2, -0.15) is 5.26 Å². The number of halogens is 2. The van der Waals surface area contributed by atoms with Crippen LogP contribution >= 0.6 is 15.9 Å². The highest BCUT2D eigenvalue weighted by atomic mass is 79.9. The number of fused-ring (bicyclic) bond motifs is 2. The van der Waals surface area contributed by atoms with Gasteiger partial charge in [-0.3, -0.25) is 4.79 Å². The molecule has 0 spiro atoms. The van der Waals surface area contributed by atoms with E-state index in [9.17, 15) is 9.18 Å². The van der Waals surface area contributed by atoms with E-state index >= 15 is 0 Å². The first-order valence-electron chi connectivity index (χ1n) is 10.5. The summed E-state index contributed by atoms with van der Waals surface area (Å²) in [6, 6.07) is 11.0. The van der Waals surface area contributed by atoms with Crippen LogP contribution in [-0.2, 0) is 9.53 Å². The van der Waals surface area contributed by atoms with Crippen LogP contribution in [0.25, 0.3) is 0 Å². The maximum atomic E-state index is 13.5. The van der Waals surface area contributed by atoms with Crippen LogP contribution in [0.5, 0.6) is 0 Å². The fourth-order valence-electron chi connectivity index (χ4n) is 4.51. The number of carbonyl (C=O) groups is 1. The second-order valence-corrected chi connectivity index (χ2v) is 8.84. The van der Waals surface area contributed by atoms with Gasteiger partial charge in [0.1, 0.15) is 24.3 Å². The van der Waals surface area contributed by atoms with Gasteiger partial charge >= 0.3 is 0 Å². The number of nitrogens with zero attached hydrogens (tertiary/aromatic N) is 4. The largest absolute Gasteiger partial charge is 0.364 e. The first-order chi connectivity index (χ1) is 15.0. The number of piperazine rings is 1. The molecule has 2 bridgehead atoms. The molecule has 4 rings (SSSR count). The molecule has 0 N–H and O–H groups in total. The molecule has 2 aliphatic heterocycles. The Hall–Kier alpha value is -2.50. The highest BCUT2D eigenvalue weighted by molar-refractivity contribution is 9.10. The number of ether oxygens (including phenoxy) is 1. The fraction of sp³-hybridized carbons (Fsp3) is 0.435. The Bertz CT molecular complexity index is 980. The molecular formula is C23H24BrFN4O2. The van der Waals surface area contributed by atoms with E-state index in [0.29, 0.717) is 29.5 Å². The van der Waals surface area contributed by atoms with Crippen molar-refractivity contribution in [3.05, 3.63) is 57.9 Å². The van der Waals surface area contributed by atoms with Crippen molar-refractivity contribution in [2.75, 3.05) is 24.6 Å². The van der Waals surface area contributed by atoms with E-state index in [1.54, 1.807) is 24.4 Å². The number of nitriles is 1. The van der Waals surface area contributed by atoms with Crippen LogP contribution in [0.4, 0.5) is 10.2 Å². The summed E-state index contributed by atoms with van der Waals surface area (Å²) in [5, 5.41) is 8.98. The number of carbonyl (C=O) groups excluding carboxylic acids is 1. The lowest BCUT2D eigenvalue weighted by molar-refractivity contribution is -0.139. The normalized spacial score (nSPS) is 21.1. The molecule has 0 saturated carbocycles. The van der Waals surface area contributed by atoms with Crippen molar-refractivity contribution in [1.29, 1.82) is 5.26 Å². The molecule has 2 saturated heterocycles. The van der Waals surface area contributed by atoms with Crippen molar-refractivity contribution < 1.29 is 13.9 Å². The van der Waals surface area contributed by atoms with Crippen molar-refractivity contribution in [1.82, 2.24) is 9.88 Å². The molecule has 3 unspecified atom stereocenters. The zero-order valence-corrected chi connectivity index (χ0v) is 18.9. The monoisotopic (exact) mass is 486 g/mol. The van der Waals surface area contributed by atoms with Gasteiger partial charge in [0.15, 0.2) is 0 Å². The summed E-state index contributed by atoms with van der Waals surface area (Å²) < 4.78 is 19.8. The third-order valence-corrected chi connectivity index (χ3v) is 6.68. The van der Waals surface area contributed by atoms with E-state index in [1.807, 2.05) is 17.9 Å². The minimum absolute atomic E-state index is 0.00204. The molecule has 31 heavy (non-hydrogen) atoms. The maximum Gasteiger partial charge on any atom is 0.248 e. The Balaban J connectivity index is 1.37. The number of rotatable bonds is 6. The highest BCUT2D eigenvalue weighted by Crippen LogP contribution is 2.34. The number of hydrogen-bond acceptors (Lipinski definition) is 5. The lowest BCUT2D eigenvalue weighted by Crippen LogP contribution is -2.56.